The molecular weight excluding hydrogens is 222 g/mol. The zero-order chi connectivity index (χ0) is 12.4. The summed E-state index contributed by atoms with van der Waals surface area (Å²) in [4.78, 5) is 21.8. The number of hydrogen-bond acceptors (Lipinski definition) is 4. The van der Waals surface area contributed by atoms with E-state index in [0.717, 1.165) is 0 Å². The molecule has 0 saturated heterocycles. The lowest BCUT2D eigenvalue weighted by Crippen LogP contribution is -2.12. The number of aromatic nitrogens is 2. The van der Waals surface area contributed by atoms with Gasteiger partial charge in [-0.2, -0.15) is 5.10 Å². The van der Waals surface area contributed by atoms with Gasteiger partial charge in [0.15, 0.2) is 17.2 Å². The van der Waals surface area contributed by atoms with Crippen molar-refractivity contribution in [2.45, 2.75) is 13.5 Å². The molecule has 0 aromatic carbocycles. The van der Waals surface area contributed by atoms with E-state index in [1.165, 1.54) is 17.8 Å². The first-order valence-electron chi connectivity index (χ1n) is 4.91. The number of primary amides is 1. The summed E-state index contributed by atoms with van der Waals surface area (Å²) in [6.07, 6.45) is 1.50. The molecule has 0 bridgehead atoms. The number of rotatable bonds is 4. The summed E-state index contributed by atoms with van der Waals surface area (Å²) < 4.78 is 6.74. The van der Waals surface area contributed by atoms with Crippen LogP contribution in [0.15, 0.2) is 22.7 Å². The molecule has 2 heterocycles. The van der Waals surface area contributed by atoms with Gasteiger partial charge in [0.1, 0.15) is 5.76 Å². The third kappa shape index (κ3) is 2.41. The number of nitrogens with zero attached hydrogens (tertiary/aromatic N) is 2. The lowest BCUT2D eigenvalue weighted by atomic mass is 10.3. The molecule has 2 N–H and O–H groups in total. The molecule has 0 saturated carbocycles. The number of carbonyl (C=O) groups excluding carboxylic acids is 2. The highest BCUT2D eigenvalue weighted by Gasteiger charge is 2.09. The second-order valence-electron chi connectivity index (χ2n) is 3.51. The first-order valence-corrected chi connectivity index (χ1v) is 4.91. The molecule has 6 nitrogen and oxygen atoms in total. The van der Waals surface area contributed by atoms with Crippen molar-refractivity contribution < 1.29 is 14.0 Å². The first-order chi connectivity index (χ1) is 8.06. The van der Waals surface area contributed by atoms with E-state index in [4.69, 9.17) is 10.2 Å². The van der Waals surface area contributed by atoms with Crippen LogP contribution in [-0.2, 0) is 6.54 Å². The fourth-order valence-electron chi connectivity index (χ4n) is 1.34. The summed E-state index contributed by atoms with van der Waals surface area (Å²) in [5, 5.41) is 3.90. The van der Waals surface area contributed by atoms with Crippen LogP contribution in [0.1, 0.15) is 33.7 Å². The van der Waals surface area contributed by atoms with Gasteiger partial charge in [-0.3, -0.25) is 14.3 Å². The molecule has 1 radical (unpaired) electrons. The van der Waals surface area contributed by atoms with Gasteiger partial charge in [0.05, 0.1) is 6.54 Å². The Hall–Kier alpha value is -2.37. The normalized spacial score (nSPS) is 10.4. The van der Waals surface area contributed by atoms with Crippen molar-refractivity contribution in [1.29, 1.82) is 0 Å². The van der Waals surface area contributed by atoms with Crippen LogP contribution in [0.25, 0.3) is 0 Å². The Bertz CT molecular complexity index is 518. The summed E-state index contributed by atoms with van der Waals surface area (Å²) in [7, 11) is 0. The minimum atomic E-state index is -0.632. The minimum absolute atomic E-state index is 0.0725. The fourth-order valence-corrected chi connectivity index (χ4v) is 1.34. The van der Waals surface area contributed by atoms with Crippen LogP contribution in [0.2, 0.25) is 0 Å². The Kier molecular flexibility index (Phi) is 2.78. The summed E-state index contributed by atoms with van der Waals surface area (Å²) in [6.45, 7) is 1.74. The Morgan fingerprint density at radius 2 is 2.29 bits per heavy atom. The summed E-state index contributed by atoms with van der Waals surface area (Å²) in [5.41, 5.74) is 5.12. The van der Waals surface area contributed by atoms with Crippen molar-refractivity contribution in [3.05, 3.63) is 41.6 Å². The van der Waals surface area contributed by atoms with Gasteiger partial charge in [0.2, 0.25) is 0 Å². The molecule has 0 fully saturated rings. The van der Waals surface area contributed by atoms with Crippen LogP contribution >= 0.6 is 0 Å². The zero-order valence-electron chi connectivity index (χ0n) is 9.14. The summed E-state index contributed by atoms with van der Waals surface area (Å²) in [6, 6.07) is 5.90. The fraction of sp³-hybridized carbons (Fsp3) is 0.182. The predicted molar refractivity (Wildman–Crippen MR) is 57.4 cm³/mol. The highest BCUT2D eigenvalue weighted by molar-refractivity contribution is 5.91. The Balaban J connectivity index is 2.13. The second-order valence-corrected chi connectivity index (χ2v) is 3.51. The maximum absolute atomic E-state index is 11.0. The SMILES string of the molecule is CC(=O)c1ccc(Cn2c[c]c(C(N)=O)n2)o1. The number of hydrogen-bond donors (Lipinski definition) is 1. The molecule has 0 aliphatic rings. The summed E-state index contributed by atoms with van der Waals surface area (Å²) >= 11 is 0. The topological polar surface area (TPSA) is 91.1 Å². The van der Waals surface area contributed by atoms with Gasteiger partial charge >= 0.3 is 0 Å². The Morgan fingerprint density at radius 1 is 1.53 bits per heavy atom. The van der Waals surface area contributed by atoms with Crippen LogP contribution < -0.4 is 5.73 Å². The van der Waals surface area contributed by atoms with E-state index in [2.05, 4.69) is 11.2 Å². The Labute approximate surface area is 97.0 Å². The number of ketones is 1. The smallest absolute Gasteiger partial charge is 0.269 e. The van der Waals surface area contributed by atoms with Crippen LogP contribution in [0, 0.1) is 6.07 Å². The Morgan fingerprint density at radius 3 is 2.82 bits per heavy atom. The molecule has 6 heteroatoms. The molecular formula is C11H10N3O3. The second kappa shape index (κ2) is 4.25. The van der Waals surface area contributed by atoms with Crippen LogP contribution in [-0.4, -0.2) is 21.5 Å². The van der Waals surface area contributed by atoms with Gasteiger partial charge in [-0.25, -0.2) is 0 Å². The van der Waals surface area contributed by atoms with E-state index in [1.54, 1.807) is 12.1 Å². The van der Waals surface area contributed by atoms with Gasteiger partial charge in [-0.1, -0.05) is 0 Å². The first kappa shape index (κ1) is 11.1. The molecule has 2 aromatic heterocycles. The number of furan rings is 1. The quantitative estimate of drug-likeness (QED) is 0.782. The lowest BCUT2D eigenvalue weighted by Gasteiger charge is -1.97. The minimum Gasteiger partial charge on any atom is -0.456 e. The molecule has 0 aliphatic carbocycles. The lowest BCUT2D eigenvalue weighted by molar-refractivity contribution is 0.0982. The predicted octanol–water partition coefficient (Wildman–Crippen LogP) is 0.626. The molecule has 87 valence electrons. The highest BCUT2D eigenvalue weighted by atomic mass is 16.3. The number of amides is 1. The van der Waals surface area contributed by atoms with Crippen molar-refractivity contribution in [2.75, 3.05) is 0 Å². The molecule has 0 unspecified atom stereocenters. The van der Waals surface area contributed by atoms with Gasteiger partial charge < -0.3 is 10.2 Å². The standard InChI is InChI=1S/C11H10N3O3/c1-7(15)10-3-2-8(17-10)6-14-5-4-9(13-14)11(12)16/h2-3,5H,6H2,1H3,(H2,12,16). The summed E-state index contributed by atoms with van der Waals surface area (Å²) in [5.74, 6) is 0.0997. The average molecular weight is 232 g/mol. The highest BCUT2D eigenvalue weighted by Crippen LogP contribution is 2.10. The zero-order valence-corrected chi connectivity index (χ0v) is 9.14. The molecule has 0 spiro atoms. The van der Waals surface area contributed by atoms with Crippen LogP contribution in [0.3, 0.4) is 0 Å². The molecule has 1 amide bonds. The largest absolute Gasteiger partial charge is 0.456 e. The monoisotopic (exact) mass is 232 g/mol. The van der Waals surface area contributed by atoms with Crippen molar-refractivity contribution in [2.24, 2.45) is 5.73 Å². The van der Waals surface area contributed by atoms with Gasteiger partial charge in [-0.15, -0.1) is 0 Å². The van der Waals surface area contributed by atoms with E-state index in [-0.39, 0.29) is 11.5 Å². The van der Waals surface area contributed by atoms with E-state index in [1.807, 2.05) is 0 Å². The van der Waals surface area contributed by atoms with Gasteiger partial charge in [0, 0.05) is 19.2 Å². The van der Waals surface area contributed by atoms with E-state index in [9.17, 15) is 9.59 Å². The van der Waals surface area contributed by atoms with Gasteiger partial charge in [-0.05, 0) is 12.1 Å². The van der Waals surface area contributed by atoms with Crippen molar-refractivity contribution in [1.82, 2.24) is 9.78 Å². The van der Waals surface area contributed by atoms with Gasteiger partial charge in [0.25, 0.3) is 5.91 Å². The average Bonchev–Trinajstić information content (AvgIpc) is 2.87. The third-order valence-corrected chi connectivity index (χ3v) is 2.14. The molecule has 17 heavy (non-hydrogen) atoms. The van der Waals surface area contributed by atoms with E-state index < -0.39 is 5.91 Å². The number of Topliss-reactive ketones (excluding diaryl/α,β-unsaturated/α-hetero) is 1. The van der Waals surface area contributed by atoms with Crippen LogP contribution in [0.4, 0.5) is 0 Å². The molecule has 0 aliphatic heterocycles. The number of nitrogens with two attached hydrogens (primary N) is 1. The molecule has 2 rings (SSSR count). The molecule has 2 aromatic rings. The van der Waals surface area contributed by atoms with Crippen molar-refractivity contribution >= 4 is 11.7 Å². The van der Waals surface area contributed by atoms with Crippen molar-refractivity contribution in [3.63, 3.8) is 0 Å². The van der Waals surface area contributed by atoms with E-state index in [0.29, 0.717) is 18.1 Å². The molecule has 0 atom stereocenters. The van der Waals surface area contributed by atoms with Crippen molar-refractivity contribution in [3.8, 4) is 0 Å². The van der Waals surface area contributed by atoms with Crippen LogP contribution in [0.5, 0.6) is 0 Å². The maximum atomic E-state index is 11.0. The maximum Gasteiger partial charge on any atom is 0.269 e. The number of carbonyl (C=O) groups is 2. The third-order valence-electron chi connectivity index (χ3n) is 2.14. The van der Waals surface area contributed by atoms with E-state index >= 15 is 0 Å².